The zero-order chi connectivity index (χ0) is 24.4. The van der Waals surface area contributed by atoms with Crippen molar-refractivity contribution in [1.82, 2.24) is 25.1 Å². The van der Waals surface area contributed by atoms with Gasteiger partial charge >= 0.3 is 0 Å². The molecule has 7 nitrogen and oxygen atoms in total. The number of carbonyl (C=O) groups excluding carboxylic acids is 1. The Kier molecular flexibility index (Phi) is 6.63. The normalized spacial score (nSPS) is 13.9. The molecular weight excluding hydrogens is 456 g/mol. The number of anilines is 1. The Hall–Kier alpha value is -3.52. The lowest BCUT2D eigenvalue weighted by molar-refractivity contribution is -0.128. The van der Waals surface area contributed by atoms with Gasteiger partial charge in [-0.1, -0.05) is 65.9 Å². The SMILES string of the molecule is Cc1ccc(-c2nnc(N3CCN(C(=O)CSc4nc(C)cc(C)n4)CC3)c3ccccc23)cc1. The number of hydrogen-bond acceptors (Lipinski definition) is 7. The lowest BCUT2D eigenvalue weighted by Gasteiger charge is -2.35. The fourth-order valence-electron chi connectivity index (χ4n) is 4.39. The van der Waals surface area contributed by atoms with Gasteiger partial charge in [0.25, 0.3) is 0 Å². The lowest BCUT2D eigenvalue weighted by atomic mass is 10.0. The van der Waals surface area contributed by atoms with Gasteiger partial charge < -0.3 is 9.80 Å². The molecule has 1 amide bonds. The molecule has 8 heteroatoms. The van der Waals surface area contributed by atoms with Crippen molar-refractivity contribution in [3.8, 4) is 11.3 Å². The molecule has 1 fully saturated rings. The number of piperazine rings is 1. The van der Waals surface area contributed by atoms with Crippen LogP contribution >= 0.6 is 11.8 Å². The smallest absolute Gasteiger partial charge is 0.233 e. The van der Waals surface area contributed by atoms with Crippen LogP contribution in [0.3, 0.4) is 0 Å². The van der Waals surface area contributed by atoms with Crippen molar-refractivity contribution in [2.24, 2.45) is 0 Å². The van der Waals surface area contributed by atoms with E-state index in [2.05, 4.69) is 68.4 Å². The van der Waals surface area contributed by atoms with Crippen LogP contribution in [-0.2, 0) is 4.79 Å². The fourth-order valence-corrected chi connectivity index (χ4v) is 5.24. The van der Waals surface area contributed by atoms with E-state index in [0.717, 1.165) is 52.3 Å². The first-order valence-corrected chi connectivity index (χ1v) is 12.8. The summed E-state index contributed by atoms with van der Waals surface area (Å²) in [5, 5.41) is 12.1. The fraction of sp³-hybridized carbons (Fsp3) is 0.296. The molecule has 3 heterocycles. The molecule has 1 aliphatic heterocycles. The van der Waals surface area contributed by atoms with E-state index in [9.17, 15) is 4.79 Å². The minimum atomic E-state index is 0.114. The summed E-state index contributed by atoms with van der Waals surface area (Å²) in [4.78, 5) is 25.8. The number of aryl methyl sites for hydroxylation is 3. The highest BCUT2D eigenvalue weighted by molar-refractivity contribution is 7.99. The summed E-state index contributed by atoms with van der Waals surface area (Å²) < 4.78 is 0. The zero-order valence-electron chi connectivity index (χ0n) is 20.2. The Bertz CT molecular complexity index is 1350. The molecule has 1 aliphatic rings. The Morgan fingerprint density at radius 1 is 0.857 bits per heavy atom. The van der Waals surface area contributed by atoms with Gasteiger partial charge in [0.05, 0.1) is 5.75 Å². The van der Waals surface area contributed by atoms with Crippen molar-refractivity contribution in [2.75, 3.05) is 36.8 Å². The maximum Gasteiger partial charge on any atom is 0.233 e. The summed E-state index contributed by atoms with van der Waals surface area (Å²) in [5.74, 6) is 1.33. The largest absolute Gasteiger partial charge is 0.351 e. The van der Waals surface area contributed by atoms with Crippen LogP contribution in [0.25, 0.3) is 22.0 Å². The predicted molar refractivity (Wildman–Crippen MR) is 141 cm³/mol. The quantitative estimate of drug-likeness (QED) is 0.306. The first-order chi connectivity index (χ1) is 17.0. The maximum atomic E-state index is 12.8. The molecule has 1 saturated heterocycles. The van der Waals surface area contributed by atoms with Gasteiger partial charge in [0.1, 0.15) is 5.69 Å². The molecule has 0 spiro atoms. The molecule has 0 atom stereocenters. The van der Waals surface area contributed by atoms with Gasteiger partial charge in [0.2, 0.25) is 5.91 Å². The number of benzene rings is 2. The van der Waals surface area contributed by atoms with E-state index in [0.29, 0.717) is 24.0 Å². The number of fused-ring (bicyclic) bond motifs is 1. The van der Waals surface area contributed by atoms with Gasteiger partial charge in [-0.3, -0.25) is 4.79 Å². The molecule has 4 aromatic rings. The second kappa shape index (κ2) is 10.00. The van der Waals surface area contributed by atoms with E-state index in [1.54, 1.807) is 0 Å². The van der Waals surface area contributed by atoms with Crippen LogP contribution in [-0.4, -0.2) is 62.9 Å². The Morgan fingerprint density at radius 2 is 1.51 bits per heavy atom. The molecule has 0 N–H and O–H groups in total. The number of hydrogen-bond donors (Lipinski definition) is 0. The van der Waals surface area contributed by atoms with Crippen molar-refractivity contribution < 1.29 is 4.79 Å². The topological polar surface area (TPSA) is 75.1 Å². The molecule has 178 valence electrons. The average Bonchev–Trinajstić information content (AvgIpc) is 2.87. The molecule has 0 aliphatic carbocycles. The molecular formula is C27H28N6OS. The maximum absolute atomic E-state index is 12.8. The monoisotopic (exact) mass is 484 g/mol. The summed E-state index contributed by atoms with van der Waals surface area (Å²) in [6.45, 7) is 8.72. The Labute approximate surface area is 209 Å². The lowest BCUT2D eigenvalue weighted by Crippen LogP contribution is -2.49. The van der Waals surface area contributed by atoms with E-state index in [-0.39, 0.29) is 5.91 Å². The third-order valence-corrected chi connectivity index (χ3v) is 7.04. The number of rotatable bonds is 5. The standard InChI is InChI=1S/C27H28N6OS/c1-18-8-10-21(11-9-18)25-22-6-4-5-7-23(22)26(31-30-25)33-14-12-32(13-15-33)24(34)17-35-27-28-19(2)16-20(3)29-27/h4-11,16H,12-15,17H2,1-3H3. The molecule has 2 aromatic carbocycles. The van der Waals surface area contributed by atoms with Crippen LogP contribution in [0.2, 0.25) is 0 Å². The van der Waals surface area contributed by atoms with E-state index in [4.69, 9.17) is 0 Å². The van der Waals surface area contributed by atoms with E-state index in [1.165, 1.54) is 17.3 Å². The predicted octanol–water partition coefficient (Wildman–Crippen LogP) is 4.45. The van der Waals surface area contributed by atoms with E-state index in [1.807, 2.05) is 36.9 Å². The second-order valence-corrected chi connectivity index (χ2v) is 9.82. The van der Waals surface area contributed by atoms with Crippen molar-refractivity contribution in [3.05, 3.63) is 71.5 Å². The molecule has 0 radical (unpaired) electrons. The highest BCUT2D eigenvalue weighted by Gasteiger charge is 2.24. The minimum absolute atomic E-state index is 0.114. The number of amides is 1. The van der Waals surface area contributed by atoms with E-state index < -0.39 is 0 Å². The van der Waals surface area contributed by atoms with Gasteiger partial charge in [0.15, 0.2) is 11.0 Å². The van der Waals surface area contributed by atoms with Gasteiger partial charge in [0, 0.05) is 53.9 Å². The number of carbonyl (C=O) groups is 1. The van der Waals surface area contributed by atoms with Gasteiger partial charge in [-0.2, -0.15) is 0 Å². The Balaban J connectivity index is 1.28. The summed E-state index contributed by atoms with van der Waals surface area (Å²) in [6, 6.07) is 18.6. The molecule has 0 bridgehead atoms. The number of thioether (sulfide) groups is 1. The average molecular weight is 485 g/mol. The minimum Gasteiger partial charge on any atom is -0.351 e. The highest BCUT2D eigenvalue weighted by atomic mass is 32.2. The second-order valence-electron chi connectivity index (χ2n) is 8.87. The first-order valence-electron chi connectivity index (χ1n) is 11.8. The molecule has 35 heavy (non-hydrogen) atoms. The Morgan fingerprint density at radius 3 is 2.20 bits per heavy atom. The summed E-state index contributed by atoms with van der Waals surface area (Å²) in [6.07, 6.45) is 0. The van der Waals surface area contributed by atoms with Crippen molar-refractivity contribution >= 4 is 34.3 Å². The van der Waals surface area contributed by atoms with Gasteiger partial charge in [-0.25, -0.2) is 9.97 Å². The van der Waals surface area contributed by atoms with Crippen molar-refractivity contribution in [1.29, 1.82) is 0 Å². The van der Waals surface area contributed by atoms with E-state index >= 15 is 0 Å². The van der Waals surface area contributed by atoms with Crippen LogP contribution in [0.4, 0.5) is 5.82 Å². The third-order valence-electron chi connectivity index (χ3n) is 6.21. The molecule has 0 unspecified atom stereocenters. The molecule has 5 rings (SSSR count). The highest BCUT2D eigenvalue weighted by Crippen LogP contribution is 2.32. The summed E-state index contributed by atoms with van der Waals surface area (Å²) in [5.41, 5.74) is 5.01. The van der Waals surface area contributed by atoms with Gasteiger partial charge in [-0.05, 0) is 26.8 Å². The summed E-state index contributed by atoms with van der Waals surface area (Å²) in [7, 11) is 0. The van der Waals surface area contributed by atoms with Crippen LogP contribution in [0.1, 0.15) is 17.0 Å². The number of nitrogens with zero attached hydrogens (tertiary/aromatic N) is 6. The third kappa shape index (κ3) is 5.12. The van der Waals surface area contributed by atoms with Gasteiger partial charge in [-0.15, -0.1) is 10.2 Å². The van der Waals surface area contributed by atoms with Crippen molar-refractivity contribution in [2.45, 2.75) is 25.9 Å². The number of aromatic nitrogens is 4. The van der Waals surface area contributed by atoms with Crippen molar-refractivity contribution in [3.63, 3.8) is 0 Å². The summed E-state index contributed by atoms with van der Waals surface area (Å²) >= 11 is 1.40. The molecule has 2 aromatic heterocycles. The van der Waals surface area contributed by atoms with Crippen LogP contribution in [0.15, 0.2) is 59.8 Å². The molecule has 0 saturated carbocycles. The first kappa shape index (κ1) is 23.2. The zero-order valence-corrected chi connectivity index (χ0v) is 21.0. The van der Waals surface area contributed by atoms with Crippen LogP contribution < -0.4 is 4.90 Å². The van der Waals surface area contributed by atoms with Crippen LogP contribution in [0.5, 0.6) is 0 Å². The van der Waals surface area contributed by atoms with Crippen LogP contribution in [0, 0.1) is 20.8 Å².